The van der Waals surface area contributed by atoms with Crippen LogP contribution in [0.2, 0.25) is 0 Å². The molecular weight excluding hydrogens is 262 g/mol. The molecule has 2 aromatic rings. The van der Waals surface area contributed by atoms with Crippen LogP contribution in [0.4, 0.5) is 5.95 Å². The molecule has 0 aliphatic rings. The van der Waals surface area contributed by atoms with Gasteiger partial charge in [-0.15, -0.1) is 0 Å². The van der Waals surface area contributed by atoms with Gasteiger partial charge in [-0.25, -0.2) is 4.98 Å². The third kappa shape index (κ3) is 4.45. The number of nitrogens with one attached hydrogen (secondary N) is 1. The van der Waals surface area contributed by atoms with Crippen molar-refractivity contribution in [1.82, 2.24) is 9.97 Å². The summed E-state index contributed by atoms with van der Waals surface area (Å²) in [6, 6.07) is 10.5. The Balaban J connectivity index is 2.02. The summed E-state index contributed by atoms with van der Waals surface area (Å²) < 4.78 is 5.52. The number of anilines is 1. The molecule has 0 bridgehead atoms. The van der Waals surface area contributed by atoms with Gasteiger partial charge in [0.2, 0.25) is 11.8 Å². The van der Waals surface area contributed by atoms with Gasteiger partial charge in [0.15, 0.2) is 0 Å². The summed E-state index contributed by atoms with van der Waals surface area (Å²) in [5.74, 6) is 1.21. The molecule has 0 amide bonds. The molecule has 1 unspecified atom stereocenters. The molecule has 1 aromatic heterocycles. The summed E-state index contributed by atoms with van der Waals surface area (Å²) in [5, 5.41) is 3.31. The van der Waals surface area contributed by atoms with Crippen LogP contribution < -0.4 is 10.1 Å². The van der Waals surface area contributed by atoms with Gasteiger partial charge in [0, 0.05) is 12.3 Å². The molecule has 112 valence electrons. The van der Waals surface area contributed by atoms with E-state index in [1.54, 1.807) is 12.3 Å². The van der Waals surface area contributed by atoms with Crippen molar-refractivity contribution in [3.05, 3.63) is 47.7 Å². The summed E-state index contributed by atoms with van der Waals surface area (Å²) in [6.07, 6.45) is 3.74. The number of aromatic nitrogens is 2. The highest BCUT2D eigenvalue weighted by atomic mass is 16.5. The van der Waals surface area contributed by atoms with E-state index in [0.717, 1.165) is 12.8 Å². The number of ether oxygens (including phenoxy) is 1. The standard InChI is InChI=1S/C17H23N3O/c1-4-12-21-16-10-11-18-17(20-16)19-13(3)15-8-6-14(5-2)7-9-15/h6-11,13H,4-5,12H2,1-3H3,(H,18,19,20). The highest BCUT2D eigenvalue weighted by Crippen LogP contribution is 2.18. The van der Waals surface area contributed by atoms with Crippen LogP contribution >= 0.6 is 0 Å². The topological polar surface area (TPSA) is 47.0 Å². The van der Waals surface area contributed by atoms with E-state index >= 15 is 0 Å². The second-order valence-electron chi connectivity index (χ2n) is 5.03. The van der Waals surface area contributed by atoms with Crippen LogP contribution in [0.3, 0.4) is 0 Å². The zero-order valence-corrected chi connectivity index (χ0v) is 13.0. The number of benzene rings is 1. The predicted molar refractivity (Wildman–Crippen MR) is 85.7 cm³/mol. The molecule has 4 heteroatoms. The summed E-state index contributed by atoms with van der Waals surface area (Å²) in [6.45, 7) is 7.00. The molecule has 0 saturated heterocycles. The molecule has 0 saturated carbocycles. The fourth-order valence-corrected chi connectivity index (χ4v) is 2.02. The van der Waals surface area contributed by atoms with E-state index in [1.165, 1.54) is 11.1 Å². The van der Waals surface area contributed by atoms with E-state index in [9.17, 15) is 0 Å². The van der Waals surface area contributed by atoms with Crippen molar-refractivity contribution in [2.24, 2.45) is 0 Å². The fraction of sp³-hybridized carbons (Fsp3) is 0.412. The molecule has 2 rings (SSSR count). The molecule has 0 spiro atoms. The minimum absolute atomic E-state index is 0.150. The Morgan fingerprint density at radius 1 is 1.14 bits per heavy atom. The summed E-state index contributed by atoms with van der Waals surface area (Å²) in [7, 11) is 0. The molecule has 1 atom stereocenters. The number of nitrogens with zero attached hydrogens (tertiary/aromatic N) is 2. The van der Waals surface area contributed by atoms with Crippen LogP contribution in [0.15, 0.2) is 36.5 Å². The third-order valence-electron chi connectivity index (χ3n) is 3.32. The normalized spacial score (nSPS) is 12.0. The number of rotatable bonds is 7. The number of hydrogen-bond acceptors (Lipinski definition) is 4. The third-order valence-corrected chi connectivity index (χ3v) is 3.32. The van der Waals surface area contributed by atoms with E-state index < -0.39 is 0 Å². The van der Waals surface area contributed by atoms with Gasteiger partial charge in [0.1, 0.15) is 0 Å². The Morgan fingerprint density at radius 2 is 1.90 bits per heavy atom. The molecule has 21 heavy (non-hydrogen) atoms. The van der Waals surface area contributed by atoms with E-state index in [-0.39, 0.29) is 6.04 Å². The Labute approximate surface area is 126 Å². The first kappa shape index (κ1) is 15.3. The molecule has 1 heterocycles. The first-order valence-electron chi connectivity index (χ1n) is 7.54. The summed E-state index contributed by atoms with van der Waals surface area (Å²) in [5.41, 5.74) is 2.56. The van der Waals surface area contributed by atoms with Gasteiger partial charge in [0.25, 0.3) is 0 Å². The van der Waals surface area contributed by atoms with Crippen molar-refractivity contribution in [2.75, 3.05) is 11.9 Å². The van der Waals surface area contributed by atoms with E-state index in [4.69, 9.17) is 4.74 Å². The lowest BCUT2D eigenvalue weighted by Crippen LogP contribution is -2.10. The Hall–Kier alpha value is -2.10. The van der Waals surface area contributed by atoms with Gasteiger partial charge in [-0.2, -0.15) is 4.98 Å². The average Bonchev–Trinajstić information content (AvgIpc) is 2.53. The Morgan fingerprint density at radius 3 is 2.57 bits per heavy atom. The van der Waals surface area contributed by atoms with Gasteiger partial charge in [0.05, 0.1) is 12.6 Å². The monoisotopic (exact) mass is 285 g/mol. The second-order valence-corrected chi connectivity index (χ2v) is 5.03. The maximum Gasteiger partial charge on any atom is 0.226 e. The number of hydrogen-bond donors (Lipinski definition) is 1. The second kappa shape index (κ2) is 7.62. The Kier molecular flexibility index (Phi) is 5.55. The molecule has 4 nitrogen and oxygen atoms in total. The zero-order chi connectivity index (χ0) is 15.1. The molecule has 0 fully saturated rings. The van der Waals surface area contributed by atoms with E-state index in [1.807, 2.05) is 0 Å². The van der Waals surface area contributed by atoms with Crippen LogP contribution in [0.25, 0.3) is 0 Å². The fourth-order valence-electron chi connectivity index (χ4n) is 2.02. The summed E-state index contributed by atoms with van der Waals surface area (Å²) in [4.78, 5) is 8.61. The van der Waals surface area contributed by atoms with E-state index in [2.05, 4.69) is 60.3 Å². The van der Waals surface area contributed by atoms with Gasteiger partial charge >= 0.3 is 0 Å². The molecule has 0 aliphatic heterocycles. The quantitative estimate of drug-likeness (QED) is 0.835. The van der Waals surface area contributed by atoms with Crippen molar-refractivity contribution in [3.8, 4) is 5.88 Å². The zero-order valence-electron chi connectivity index (χ0n) is 13.0. The van der Waals surface area contributed by atoms with Gasteiger partial charge < -0.3 is 10.1 Å². The van der Waals surface area contributed by atoms with Crippen molar-refractivity contribution >= 4 is 5.95 Å². The van der Waals surface area contributed by atoms with Gasteiger partial charge in [-0.3, -0.25) is 0 Å². The van der Waals surface area contributed by atoms with Crippen LogP contribution in [-0.4, -0.2) is 16.6 Å². The highest BCUT2D eigenvalue weighted by molar-refractivity contribution is 5.34. The lowest BCUT2D eigenvalue weighted by atomic mass is 10.1. The smallest absolute Gasteiger partial charge is 0.226 e. The molecular formula is C17H23N3O. The molecule has 1 N–H and O–H groups in total. The minimum atomic E-state index is 0.150. The van der Waals surface area contributed by atoms with Crippen molar-refractivity contribution in [1.29, 1.82) is 0 Å². The lowest BCUT2D eigenvalue weighted by molar-refractivity contribution is 0.305. The lowest BCUT2D eigenvalue weighted by Gasteiger charge is -2.15. The molecule has 1 aromatic carbocycles. The average molecular weight is 285 g/mol. The predicted octanol–water partition coefficient (Wildman–Crippen LogP) is 4.00. The molecule has 0 radical (unpaired) electrons. The van der Waals surface area contributed by atoms with Crippen LogP contribution in [-0.2, 0) is 6.42 Å². The Bertz CT molecular complexity index is 554. The highest BCUT2D eigenvalue weighted by Gasteiger charge is 2.07. The SMILES string of the molecule is CCCOc1ccnc(NC(C)c2ccc(CC)cc2)n1. The van der Waals surface area contributed by atoms with Crippen LogP contribution in [0, 0.1) is 0 Å². The maximum atomic E-state index is 5.52. The van der Waals surface area contributed by atoms with Crippen LogP contribution in [0.1, 0.15) is 44.4 Å². The van der Waals surface area contributed by atoms with Crippen LogP contribution in [0.5, 0.6) is 5.88 Å². The van der Waals surface area contributed by atoms with E-state index in [0.29, 0.717) is 18.4 Å². The van der Waals surface area contributed by atoms with Gasteiger partial charge in [-0.1, -0.05) is 38.1 Å². The minimum Gasteiger partial charge on any atom is -0.478 e. The molecule has 0 aliphatic carbocycles. The summed E-state index contributed by atoms with van der Waals surface area (Å²) >= 11 is 0. The van der Waals surface area contributed by atoms with Gasteiger partial charge in [-0.05, 0) is 30.9 Å². The largest absolute Gasteiger partial charge is 0.478 e. The van der Waals surface area contributed by atoms with Crippen molar-refractivity contribution in [2.45, 2.75) is 39.7 Å². The maximum absolute atomic E-state index is 5.52. The number of aryl methyl sites for hydroxylation is 1. The first-order valence-corrected chi connectivity index (χ1v) is 7.54. The van der Waals surface area contributed by atoms with Crippen molar-refractivity contribution < 1.29 is 4.74 Å². The van der Waals surface area contributed by atoms with Crippen molar-refractivity contribution in [3.63, 3.8) is 0 Å². The first-order chi connectivity index (χ1) is 10.2.